The molecule has 102 valence electrons. The van der Waals surface area contributed by atoms with Gasteiger partial charge in [0.1, 0.15) is 0 Å². The summed E-state index contributed by atoms with van der Waals surface area (Å²) >= 11 is 13.1. The normalized spacial score (nSPS) is 19.9. The maximum atomic E-state index is 11.7. The summed E-state index contributed by atoms with van der Waals surface area (Å²) in [4.78, 5) is 11.7. The molecule has 0 spiro atoms. The molecule has 4 heteroatoms. The highest BCUT2D eigenvalue weighted by Gasteiger charge is 2.30. The number of hydrogen-bond acceptors (Lipinski definition) is 1. The Hall–Kier alpha value is -1.51. The van der Waals surface area contributed by atoms with Gasteiger partial charge in [0.05, 0.1) is 10.8 Å². The van der Waals surface area contributed by atoms with Gasteiger partial charge in [-0.05, 0) is 34.4 Å². The van der Waals surface area contributed by atoms with Crippen LogP contribution in [0.3, 0.4) is 0 Å². The lowest BCUT2D eigenvalue weighted by atomic mass is 9.84. The summed E-state index contributed by atoms with van der Waals surface area (Å²) < 4.78 is 0. The summed E-state index contributed by atoms with van der Waals surface area (Å²) in [5.41, 5.74) is 4.52. The van der Waals surface area contributed by atoms with Crippen LogP contribution in [0.15, 0.2) is 42.5 Å². The molecule has 1 aliphatic rings. The molecule has 1 aliphatic carbocycles. The van der Waals surface area contributed by atoms with Crippen LogP contribution < -0.4 is 5.32 Å². The van der Waals surface area contributed by atoms with E-state index in [0.29, 0.717) is 5.56 Å². The lowest BCUT2D eigenvalue weighted by Crippen LogP contribution is -2.19. The summed E-state index contributed by atoms with van der Waals surface area (Å²) in [5, 5.41) is 2.11. The number of carbonyl (C=O) groups excluding carboxylic acids is 1. The van der Waals surface area contributed by atoms with Gasteiger partial charge < -0.3 is 5.32 Å². The number of halogens is 2. The minimum atomic E-state index is -0.277. The number of nitrogens with one attached hydrogen (secondary N) is 1. The molecule has 2 aromatic carbocycles. The Kier molecular flexibility index (Phi) is 3.45. The number of alkyl halides is 2. The second kappa shape index (κ2) is 5.12. The van der Waals surface area contributed by atoms with E-state index in [1.807, 2.05) is 36.4 Å². The number of fused-ring (bicyclic) bond motifs is 2. The van der Waals surface area contributed by atoms with Crippen molar-refractivity contribution in [2.75, 3.05) is 7.05 Å². The van der Waals surface area contributed by atoms with Crippen LogP contribution in [0.4, 0.5) is 0 Å². The van der Waals surface area contributed by atoms with Gasteiger partial charge in [-0.2, -0.15) is 0 Å². The van der Waals surface area contributed by atoms with Crippen LogP contribution in [0.25, 0.3) is 0 Å². The van der Waals surface area contributed by atoms with Gasteiger partial charge >= 0.3 is 0 Å². The van der Waals surface area contributed by atoms with E-state index in [4.69, 9.17) is 23.2 Å². The Morgan fingerprint density at radius 2 is 1.50 bits per heavy atom. The highest BCUT2D eigenvalue weighted by atomic mass is 35.5. The van der Waals surface area contributed by atoms with Gasteiger partial charge in [0, 0.05) is 12.6 Å². The first-order valence-corrected chi connectivity index (χ1v) is 7.23. The van der Waals surface area contributed by atoms with E-state index in [9.17, 15) is 4.79 Å². The summed E-state index contributed by atoms with van der Waals surface area (Å²) in [6.07, 6.45) is 0. The number of hydrogen-bond donors (Lipinski definition) is 1. The first kappa shape index (κ1) is 13.5. The molecule has 0 fully saturated rings. The standard InChI is InChI=1S/C16H13Cl2NO/c1-19-16(20)9-6-7-12-13(8-9)15(18)11-5-3-2-4-10(11)14(12)17/h2-8,14-15H,1H3,(H,19,20)/t14-,15-/m1/s1. The molecule has 3 rings (SSSR count). The van der Waals surface area contributed by atoms with E-state index < -0.39 is 0 Å². The average molecular weight is 306 g/mol. The van der Waals surface area contributed by atoms with Crippen molar-refractivity contribution in [2.45, 2.75) is 10.8 Å². The Bertz CT molecular complexity index is 684. The molecule has 2 nitrogen and oxygen atoms in total. The van der Waals surface area contributed by atoms with Gasteiger partial charge in [0.15, 0.2) is 0 Å². The van der Waals surface area contributed by atoms with Crippen molar-refractivity contribution in [3.05, 3.63) is 70.3 Å². The van der Waals surface area contributed by atoms with Crippen LogP contribution in [0.2, 0.25) is 0 Å². The van der Waals surface area contributed by atoms with Crippen molar-refractivity contribution in [3.63, 3.8) is 0 Å². The molecule has 1 N–H and O–H groups in total. The highest BCUT2D eigenvalue weighted by molar-refractivity contribution is 6.26. The summed E-state index contributed by atoms with van der Waals surface area (Å²) in [7, 11) is 1.61. The SMILES string of the molecule is CNC(=O)c1ccc2c(c1)[C@H](Cl)c1ccccc1[C@H]2Cl. The fraction of sp³-hybridized carbons (Fsp3) is 0.188. The van der Waals surface area contributed by atoms with Crippen LogP contribution in [0, 0.1) is 0 Å². The van der Waals surface area contributed by atoms with Crippen molar-refractivity contribution in [1.29, 1.82) is 0 Å². The molecule has 20 heavy (non-hydrogen) atoms. The Labute approximate surface area is 127 Å². The molecule has 2 aromatic rings. The number of carbonyl (C=O) groups is 1. The van der Waals surface area contributed by atoms with Crippen molar-refractivity contribution < 1.29 is 4.79 Å². The van der Waals surface area contributed by atoms with Crippen molar-refractivity contribution in [1.82, 2.24) is 5.32 Å². The van der Waals surface area contributed by atoms with Gasteiger partial charge in [0.2, 0.25) is 0 Å². The maximum absolute atomic E-state index is 11.7. The van der Waals surface area contributed by atoms with E-state index >= 15 is 0 Å². The third-order valence-corrected chi connectivity index (χ3v) is 4.60. The average Bonchev–Trinajstić information content (AvgIpc) is 2.51. The molecule has 0 radical (unpaired) electrons. The number of rotatable bonds is 1. The highest BCUT2D eigenvalue weighted by Crippen LogP contribution is 2.46. The molecule has 2 atom stereocenters. The largest absolute Gasteiger partial charge is 0.355 e. The zero-order valence-electron chi connectivity index (χ0n) is 10.9. The topological polar surface area (TPSA) is 29.1 Å². The summed E-state index contributed by atoms with van der Waals surface area (Å²) in [6, 6.07) is 13.4. The lowest BCUT2D eigenvalue weighted by Gasteiger charge is -2.28. The molecule has 0 heterocycles. The third kappa shape index (κ3) is 2.00. The lowest BCUT2D eigenvalue weighted by molar-refractivity contribution is 0.0963. The maximum Gasteiger partial charge on any atom is 0.251 e. The van der Waals surface area contributed by atoms with Gasteiger partial charge in [-0.3, -0.25) is 4.79 Å². The Morgan fingerprint density at radius 3 is 2.10 bits per heavy atom. The van der Waals surface area contributed by atoms with E-state index in [0.717, 1.165) is 22.3 Å². The zero-order valence-corrected chi connectivity index (χ0v) is 12.4. The minimum Gasteiger partial charge on any atom is -0.355 e. The molecule has 0 unspecified atom stereocenters. The Balaban J connectivity index is 2.15. The third-order valence-electron chi connectivity index (χ3n) is 3.66. The van der Waals surface area contributed by atoms with E-state index in [1.165, 1.54) is 0 Å². The Morgan fingerprint density at radius 1 is 0.950 bits per heavy atom. The zero-order chi connectivity index (χ0) is 14.3. The number of amides is 1. The second-order valence-electron chi connectivity index (χ2n) is 4.78. The monoisotopic (exact) mass is 305 g/mol. The van der Waals surface area contributed by atoms with E-state index in [-0.39, 0.29) is 16.7 Å². The molecule has 0 aromatic heterocycles. The summed E-state index contributed by atoms with van der Waals surface area (Å²) in [6.45, 7) is 0. The first-order valence-electron chi connectivity index (χ1n) is 6.36. The van der Waals surface area contributed by atoms with E-state index in [1.54, 1.807) is 13.1 Å². The molecule has 0 aliphatic heterocycles. The fourth-order valence-electron chi connectivity index (χ4n) is 2.62. The van der Waals surface area contributed by atoms with Crippen molar-refractivity contribution in [2.24, 2.45) is 0 Å². The second-order valence-corrected chi connectivity index (χ2v) is 5.65. The van der Waals surface area contributed by atoms with Gasteiger partial charge in [0.25, 0.3) is 5.91 Å². The minimum absolute atomic E-state index is 0.123. The predicted molar refractivity (Wildman–Crippen MR) is 81.7 cm³/mol. The first-order chi connectivity index (χ1) is 9.63. The quantitative estimate of drug-likeness (QED) is 0.792. The molecular weight excluding hydrogens is 293 g/mol. The molecule has 1 amide bonds. The smallest absolute Gasteiger partial charge is 0.251 e. The summed E-state index contributed by atoms with van der Waals surface area (Å²) in [5.74, 6) is -0.123. The fourth-order valence-corrected chi connectivity index (χ4v) is 3.40. The van der Waals surface area contributed by atoms with Crippen molar-refractivity contribution >= 4 is 29.1 Å². The van der Waals surface area contributed by atoms with Gasteiger partial charge in [-0.15, -0.1) is 23.2 Å². The molecular formula is C16H13Cl2NO. The number of benzene rings is 2. The molecule has 0 bridgehead atoms. The molecule has 0 saturated heterocycles. The van der Waals surface area contributed by atoms with Crippen LogP contribution in [0.1, 0.15) is 43.4 Å². The van der Waals surface area contributed by atoms with Gasteiger partial charge in [-0.25, -0.2) is 0 Å². The predicted octanol–water partition coefficient (Wildman–Crippen LogP) is 4.02. The molecule has 0 saturated carbocycles. The van der Waals surface area contributed by atoms with Crippen LogP contribution in [-0.2, 0) is 0 Å². The van der Waals surface area contributed by atoms with Crippen LogP contribution in [-0.4, -0.2) is 13.0 Å². The van der Waals surface area contributed by atoms with Gasteiger partial charge in [-0.1, -0.05) is 30.3 Å². The van der Waals surface area contributed by atoms with Crippen molar-refractivity contribution in [3.8, 4) is 0 Å². The van der Waals surface area contributed by atoms with Crippen LogP contribution in [0.5, 0.6) is 0 Å². The van der Waals surface area contributed by atoms with Crippen LogP contribution >= 0.6 is 23.2 Å². The van der Waals surface area contributed by atoms with E-state index in [2.05, 4.69) is 5.32 Å².